The Balaban J connectivity index is 0.000000354. The van der Waals surface area contributed by atoms with Crippen molar-refractivity contribution in [2.75, 3.05) is 89.0 Å². The Morgan fingerprint density at radius 3 is 1.28 bits per heavy atom. The number of hydrogen-bond donors (Lipinski definition) is 9. The van der Waals surface area contributed by atoms with E-state index in [1.54, 1.807) is 95.1 Å². The molecule has 32 nitrogen and oxygen atoms in total. The van der Waals surface area contributed by atoms with Gasteiger partial charge in [-0.15, -0.1) is 0 Å². The van der Waals surface area contributed by atoms with Crippen molar-refractivity contribution in [2.45, 2.75) is 425 Å². The Kier molecular flexibility index (Phi) is 41.0. The van der Waals surface area contributed by atoms with E-state index in [-0.39, 0.29) is 68.4 Å². The van der Waals surface area contributed by atoms with Gasteiger partial charge in [0.25, 0.3) is 0 Å². The summed E-state index contributed by atoms with van der Waals surface area (Å²) in [6.45, 7) is 42.4. The van der Waals surface area contributed by atoms with Crippen LogP contribution in [0, 0.1) is 55.3 Å². The summed E-state index contributed by atoms with van der Waals surface area (Å²) in [5.41, 5.74) is -6.84. The van der Waals surface area contributed by atoms with Gasteiger partial charge < -0.3 is 137 Å². The van der Waals surface area contributed by atoms with Gasteiger partial charge in [-0.25, -0.2) is 4.79 Å². The molecule has 1 amide bonds. The standard InChI is InChI=1S/C68H105N3O15S.C38H72N2O12/c1-19-55-68(13,78)59(72)47(9)70(16)38-42(4)36-66(11,77)61(45(7)57(46(8)63(75)83-55)84-56-37-67(12,80-18)60(73)48(10)82-56)86-65-58(54(69(14)15)35-44(6)81-65)85-64(76)53-21-20-34-71(53)62(74)43(5)39-87(50-28-22-40(2)23-29-50,51-30-24-41(3)25-31-51)52-32-26-49(79-17)27-33-52;1-15-27-38(10,46)31(42)24(6)40(13)19-20(2)17-36(8,45)33(52-35-29(41)26(39(11)12)16-21(3)48-35)22(4)30(23(5)34(44)50-27)51-28-18-37(9,47-14)32(43)25(7)49-28/h22-33,42-48,53-61,65,72-73,77-78H,19-21,34-39H2,1-18H3;20-33,35,41-43,45-46H,15-19H2,1-14H3/t42-,43+,44-,45+,46-,47-,48+,53+,54+,55-,56+,57+,58-,59-,60+,61-,65+,66-,67-,68-;20-,21-,22+,23-,24-,25+,26+,27-,28+,29-,30+,31-,32+,33-,35+,36-,37-,38-/m11/s1. The van der Waals surface area contributed by atoms with Crippen LogP contribution in [-0.4, -0.2) is 370 Å². The fourth-order valence-electron chi connectivity index (χ4n) is 22.8. The minimum Gasteiger partial charge on any atom is -0.497 e. The van der Waals surface area contributed by atoms with Crippen molar-refractivity contribution in [3.63, 3.8) is 0 Å². The number of aryl methyl sites for hydroxylation is 2. The van der Waals surface area contributed by atoms with E-state index < -0.39 is 232 Å². The summed E-state index contributed by atoms with van der Waals surface area (Å²) >= 11 is 0. The molecule has 10 rings (SSSR count). The number of aliphatic hydroxyl groups is 9. The first-order chi connectivity index (χ1) is 64.7. The zero-order valence-corrected chi connectivity index (χ0v) is 90.1. The third-order valence-electron chi connectivity index (χ3n) is 31.7. The monoisotopic (exact) mass is 1980 g/mol. The van der Waals surface area contributed by atoms with Crippen LogP contribution in [0.3, 0.4) is 0 Å². The molecule has 794 valence electrons. The molecular weight excluding hydrogens is 1810 g/mol. The predicted molar refractivity (Wildman–Crippen MR) is 529 cm³/mol. The SMILES string of the molecule is CC[C@H]1OC(=O)[C@H](C)[C@@H](O[C@H]2C[C@@](C)(OC)[C@@H](O)[C@H](C)O2)[C@H](C)[C@@H](O[C@@H]2O[C@H](C)C[C@H](N(C)C)[C@H]2O)[C@](C)(O)C[C@@H](C)CN(C)[C@H](C)[C@@H](O)[C@]1(C)O.CC[C@H]1OC(=O)[C@H](C)[C@@H](O[C@H]2C[C@@](C)(OC)[C@@H](O)[C@H](C)O2)[C@H](C)[C@@H](O[C@@H]2O[C@H](C)C[C@H](N(C)C)[C@H]2OC(=O)[C@@H]2CCCN2C(=O)[C@@H](C)CS(c2ccc(C)cc2)(c2ccc(C)cc2)c2ccc(OC)cc2)[C@](C)(O)C[C@@H](C)CN(C)[C@H](C)[C@@H](O)[C@]1(C)O. The van der Waals surface area contributed by atoms with E-state index in [4.69, 9.17) is 66.3 Å². The maximum Gasteiger partial charge on any atom is 0.329 e. The lowest BCUT2D eigenvalue weighted by atomic mass is 9.77. The second-order valence-electron chi connectivity index (χ2n) is 44.0. The number of aliphatic hydroxyl groups excluding tert-OH is 5. The summed E-state index contributed by atoms with van der Waals surface area (Å²) in [6, 6.07) is 22.5. The number of likely N-dealkylation sites (tertiary alicyclic amines) is 1. The number of cyclic esters (lactones) is 2. The minimum absolute atomic E-state index is 0.0666. The molecule has 7 aliphatic rings. The van der Waals surface area contributed by atoms with E-state index in [0.29, 0.717) is 51.1 Å². The van der Waals surface area contributed by atoms with E-state index >= 15 is 9.59 Å². The van der Waals surface area contributed by atoms with Crippen molar-refractivity contribution in [3.05, 3.63) is 83.9 Å². The Hall–Kier alpha value is -5.23. The van der Waals surface area contributed by atoms with Crippen LogP contribution in [0.1, 0.15) is 221 Å². The van der Waals surface area contributed by atoms with Gasteiger partial charge in [0.1, 0.15) is 65.7 Å². The van der Waals surface area contributed by atoms with Crippen molar-refractivity contribution in [1.29, 1.82) is 0 Å². The molecule has 0 aliphatic carbocycles. The first-order valence-electron chi connectivity index (χ1n) is 50.6. The van der Waals surface area contributed by atoms with Gasteiger partial charge in [-0.3, -0.25) is 14.4 Å². The molecule has 0 bridgehead atoms. The molecule has 0 spiro atoms. The maximum absolute atomic E-state index is 15.4. The molecule has 0 unspecified atom stereocenters. The molecule has 139 heavy (non-hydrogen) atoms. The zero-order chi connectivity index (χ0) is 104. The first kappa shape index (κ1) is 117. The summed E-state index contributed by atoms with van der Waals surface area (Å²) in [5.74, 6) is -5.70. The molecule has 3 aromatic carbocycles. The number of carbonyl (C=O) groups is 4. The lowest BCUT2D eigenvalue weighted by Crippen LogP contribution is -2.61. The molecule has 7 aliphatic heterocycles. The van der Waals surface area contributed by atoms with Crippen molar-refractivity contribution in [2.24, 2.45) is 41.4 Å². The fraction of sp³-hybridized carbons (Fsp3) is 0.792. The highest BCUT2D eigenvalue weighted by Crippen LogP contribution is 2.69. The molecule has 7 saturated heterocycles. The zero-order valence-electron chi connectivity index (χ0n) is 89.3. The van der Waals surface area contributed by atoms with Crippen molar-refractivity contribution in [1.82, 2.24) is 24.5 Å². The highest BCUT2D eigenvalue weighted by atomic mass is 32.3. The lowest BCUT2D eigenvalue weighted by Gasteiger charge is -2.49. The molecule has 0 saturated carbocycles. The van der Waals surface area contributed by atoms with Gasteiger partial charge in [0, 0.05) is 88.3 Å². The number of methoxy groups -OCH3 is 3. The molecule has 0 aromatic heterocycles. The largest absolute Gasteiger partial charge is 0.497 e. The Labute approximate surface area is 830 Å². The van der Waals surface area contributed by atoms with E-state index in [2.05, 4.69) is 74.5 Å². The minimum atomic E-state index is -2.11. The van der Waals surface area contributed by atoms with Crippen molar-refractivity contribution in [3.8, 4) is 5.75 Å². The Morgan fingerprint density at radius 2 is 0.899 bits per heavy atom. The van der Waals surface area contributed by atoms with Crippen LogP contribution in [0.2, 0.25) is 0 Å². The van der Waals surface area contributed by atoms with Gasteiger partial charge >= 0.3 is 17.9 Å². The van der Waals surface area contributed by atoms with E-state index in [1.807, 2.05) is 122 Å². The molecule has 7 heterocycles. The topological polar surface area (TPSA) is 396 Å². The highest BCUT2D eigenvalue weighted by molar-refractivity contribution is 8.33. The summed E-state index contributed by atoms with van der Waals surface area (Å²) in [6.07, 6.45) is -16.8. The van der Waals surface area contributed by atoms with Crippen LogP contribution in [-0.2, 0) is 80.8 Å². The molecule has 7 fully saturated rings. The molecular formula is C106H177N5O27S. The average Bonchev–Trinajstić information content (AvgIpc) is 1.12. The van der Waals surface area contributed by atoms with Gasteiger partial charge in [0.15, 0.2) is 31.3 Å². The normalized spacial score (nSPS) is 41.5. The molecule has 0 radical (unpaired) electrons. The molecule has 33 heteroatoms. The number of esters is 3. The predicted octanol–water partition coefficient (Wildman–Crippen LogP) is 10.6. The number of ether oxygens (including phenoxy) is 14. The van der Waals surface area contributed by atoms with Gasteiger partial charge in [-0.2, -0.15) is 10.0 Å². The Bertz CT molecular complexity index is 4320. The summed E-state index contributed by atoms with van der Waals surface area (Å²) < 4.78 is 89.3. The first-order valence-corrected chi connectivity index (χ1v) is 52.4. The summed E-state index contributed by atoms with van der Waals surface area (Å²) in [4.78, 5) is 72.4. The third kappa shape index (κ3) is 27.0. The van der Waals surface area contributed by atoms with Gasteiger partial charge in [-0.1, -0.05) is 83.9 Å². The van der Waals surface area contributed by atoms with Crippen LogP contribution in [0.25, 0.3) is 0 Å². The lowest BCUT2D eigenvalue weighted by molar-refractivity contribution is -0.319. The number of rotatable bonds is 23. The van der Waals surface area contributed by atoms with E-state index in [9.17, 15) is 55.5 Å². The number of carbonyl (C=O) groups excluding carboxylic acids is 4. The van der Waals surface area contributed by atoms with Gasteiger partial charge in [0.05, 0.1) is 96.2 Å². The molecule has 3 aromatic rings. The quantitative estimate of drug-likeness (QED) is 0.0314. The fourth-order valence-corrected chi connectivity index (χ4v) is 26.9. The number of hydrogen-bond acceptors (Lipinski definition) is 31. The van der Waals surface area contributed by atoms with Crippen LogP contribution >= 0.6 is 10.0 Å². The number of benzene rings is 3. The second-order valence-corrected chi connectivity index (χ2v) is 47.3. The number of nitrogens with zero attached hydrogens (tertiary/aromatic N) is 5. The highest BCUT2D eigenvalue weighted by Gasteiger charge is 2.58. The van der Waals surface area contributed by atoms with E-state index in [0.717, 1.165) is 31.6 Å². The van der Waals surface area contributed by atoms with Crippen LogP contribution in [0.4, 0.5) is 0 Å². The van der Waals surface area contributed by atoms with Crippen LogP contribution < -0.4 is 4.74 Å². The van der Waals surface area contributed by atoms with Gasteiger partial charge in [-0.05, 0) is 279 Å². The van der Waals surface area contributed by atoms with Crippen molar-refractivity contribution >= 4 is 33.8 Å². The smallest absolute Gasteiger partial charge is 0.329 e. The van der Waals surface area contributed by atoms with Crippen LogP contribution in [0.5, 0.6) is 5.75 Å². The summed E-state index contributed by atoms with van der Waals surface area (Å²) in [5, 5.41) is 107. The molecule has 38 atom stereocenters. The van der Waals surface area contributed by atoms with Crippen molar-refractivity contribution < 1.29 is 131 Å². The average molecular weight is 1990 g/mol. The summed E-state index contributed by atoms with van der Waals surface area (Å²) in [7, 11) is 13.8. The van der Waals surface area contributed by atoms with E-state index in [1.165, 1.54) is 28.1 Å². The number of amides is 1. The molecule has 9 N–H and O–H groups in total. The van der Waals surface area contributed by atoms with Crippen LogP contribution in [0.15, 0.2) is 87.5 Å². The maximum atomic E-state index is 15.4. The number of likely N-dealkylation sites (N-methyl/N-ethyl adjacent to an activating group) is 4. The Morgan fingerprint density at radius 1 is 0.518 bits per heavy atom. The second kappa shape index (κ2) is 48.6. The third-order valence-corrected chi connectivity index (χ3v) is 35.9. The van der Waals surface area contributed by atoms with Gasteiger partial charge in [0.2, 0.25) is 5.91 Å².